The van der Waals surface area contributed by atoms with E-state index in [1.165, 1.54) is 16.7 Å². The van der Waals surface area contributed by atoms with Crippen molar-refractivity contribution in [3.63, 3.8) is 0 Å². The Morgan fingerprint density at radius 3 is 2.75 bits per heavy atom. The van der Waals surface area contributed by atoms with Crippen molar-refractivity contribution in [2.75, 3.05) is 14.2 Å². The van der Waals surface area contributed by atoms with Gasteiger partial charge in [0.1, 0.15) is 10.1 Å². The number of hydrogen-bond acceptors (Lipinski definition) is 6. The normalized spacial score (nSPS) is 16.1. The molecular weight excluding hydrogens is 346 g/mol. The van der Waals surface area contributed by atoms with Crippen LogP contribution in [0.1, 0.15) is 11.3 Å². The monoisotopic (exact) mass is 361 g/mol. The predicted octanol–water partition coefficient (Wildman–Crippen LogP) is 3.70. The second-order valence-corrected chi connectivity index (χ2v) is 6.61. The standard InChI is InChI=1S/C17H15NO4S2/c1-20-13-7-3-5-11(15(13)21-2)9-14-16(19)18(17(23)24-14)10-12-6-4-8-22-12/h3-9H,10H2,1-2H3/b14-9+. The van der Waals surface area contributed by atoms with E-state index in [2.05, 4.69) is 0 Å². The molecule has 1 aromatic heterocycles. The molecule has 1 amide bonds. The van der Waals surface area contributed by atoms with Gasteiger partial charge in [0.25, 0.3) is 5.91 Å². The number of ether oxygens (including phenoxy) is 2. The van der Waals surface area contributed by atoms with Crippen molar-refractivity contribution in [2.24, 2.45) is 0 Å². The molecule has 0 aliphatic carbocycles. The zero-order chi connectivity index (χ0) is 17.1. The van der Waals surface area contributed by atoms with Crippen LogP contribution in [-0.4, -0.2) is 29.3 Å². The van der Waals surface area contributed by atoms with E-state index in [-0.39, 0.29) is 5.91 Å². The van der Waals surface area contributed by atoms with E-state index >= 15 is 0 Å². The summed E-state index contributed by atoms with van der Waals surface area (Å²) in [5.74, 6) is 1.73. The highest BCUT2D eigenvalue weighted by Gasteiger charge is 2.32. The Bertz CT molecular complexity index is 799. The average Bonchev–Trinajstić information content (AvgIpc) is 3.19. The average molecular weight is 361 g/mol. The van der Waals surface area contributed by atoms with Crippen molar-refractivity contribution in [1.82, 2.24) is 4.90 Å². The lowest BCUT2D eigenvalue weighted by atomic mass is 10.1. The molecule has 1 aliphatic rings. The van der Waals surface area contributed by atoms with E-state index in [1.807, 2.05) is 18.2 Å². The molecule has 5 nitrogen and oxygen atoms in total. The minimum atomic E-state index is -0.147. The van der Waals surface area contributed by atoms with Gasteiger partial charge in [-0.2, -0.15) is 0 Å². The number of carbonyl (C=O) groups excluding carboxylic acids is 1. The van der Waals surface area contributed by atoms with Crippen LogP contribution in [-0.2, 0) is 11.3 Å². The molecule has 0 saturated carbocycles. The molecule has 0 atom stereocenters. The summed E-state index contributed by atoms with van der Waals surface area (Å²) in [6.45, 7) is 0.324. The van der Waals surface area contributed by atoms with Crippen molar-refractivity contribution in [3.05, 3.63) is 52.8 Å². The van der Waals surface area contributed by atoms with Gasteiger partial charge in [-0.25, -0.2) is 0 Å². The highest BCUT2D eigenvalue weighted by Crippen LogP contribution is 2.37. The number of carbonyl (C=O) groups is 1. The van der Waals surface area contributed by atoms with Crippen LogP contribution in [0.25, 0.3) is 6.08 Å². The van der Waals surface area contributed by atoms with Gasteiger partial charge in [-0.05, 0) is 24.3 Å². The zero-order valence-corrected chi connectivity index (χ0v) is 14.8. The lowest BCUT2D eigenvalue weighted by Gasteiger charge is -2.12. The Labute approximate surface area is 149 Å². The number of nitrogens with zero attached hydrogens (tertiary/aromatic N) is 1. The third-order valence-corrected chi connectivity index (χ3v) is 4.87. The maximum atomic E-state index is 12.6. The summed E-state index contributed by atoms with van der Waals surface area (Å²) >= 11 is 6.59. The molecule has 0 N–H and O–H groups in total. The summed E-state index contributed by atoms with van der Waals surface area (Å²) in [6, 6.07) is 9.10. The van der Waals surface area contributed by atoms with Gasteiger partial charge >= 0.3 is 0 Å². The van der Waals surface area contributed by atoms with Gasteiger partial charge in [-0.1, -0.05) is 36.1 Å². The summed E-state index contributed by atoms with van der Waals surface area (Å²) < 4.78 is 16.5. The molecule has 0 bridgehead atoms. The number of thioether (sulfide) groups is 1. The maximum Gasteiger partial charge on any atom is 0.266 e. The van der Waals surface area contributed by atoms with E-state index in [1.54, 1.807) is 38.7 Å². The predicted molar refractivity (Wildman–Crippen MR) is 97.0 cm³/mol. The minimum absolute atomic E-state index is 0.147. The summed E-state index contributed by atoms with van der Waals surface area (Å²) in [5, 5.41) is 0. The number of hydrogen-bond donors (Lipinski definition) is 0. The van der Waals surface area contributed by atoms with E-state index < -0.39 is 0 Å². The largest absolute Gasteiger partial charge is 0.493 e. The first kappa shape index (κ1) is 16.6. The summed E-state index contributed by atoms with van der Waals surface area (Å²) in [4.78, 5) is 14.7. The Kier molecular flexibility index (Phi) is 4.92. The highest BCUT2D eigenvalue weighted by atomic mass is 32.2. The number of methoxy groups -OCH3 is 2. The van der Waals surface area contributed by atoms with E-state index in [0.29, 0.717) is 33.0 Å². The van der Waals surface area contributed by atoms with Crippen LogP contribution in [0.2, 0.25) is 0 Å². The van der Waals surface area contributed by atoms with Crippen LogP contribution in [0.4, 0.5) is 0 Å². The first-order chi connectivity index (χ1) is 11.6. The van der Waals surface area contributed by atoms with Crippen LogP contribution >= 0.6 is 24.0 Å². The first-order valence-corrected chi connectivity index (χ1v) is 8.35. The van der Waals surface area contributed by atoms with E-state index in [4.69, 9.17) is 26.1 Å². The van der Waals surface area contributed by atoms with Gasteiger partial charge in [0.2, 0.25) is 0 Å². The van der Waals surface area contributed by atoms with Crippen LogP contribution in [0.3, 0.4) is 0 Å². The molecule has 24 heavy (non-hydrogen) atoms. The SMILES string of the molecule is COc1cccc(/C=C2/SC(=S)N(Cc3ccco3)C2=O)c1OC. The molecule has 0 spiro atoms. The molecular formula is C17H15NO4S2. The molecule has 124 valence electrons. The lowest BCUT2D eigenvalue weighted by molar-refractivity contribution is -0.122. The fourth-order valence-corrected chi connectivity index (χ4v) is 3.61. The Hall–Kier alpha value is -2.25. The van der Waals surface area contributed by atoms with Crippen LogP contribution in [0, 0.1) is 0 Å². The molecule has 1 fully saturated rings. The van der Waals surface area contributed by atoms with Crippen molar-refractivity contribution in [1.29, 1.82) is 0 Å². The molecule has 0 radical (unpaired) electrons. The van der Waals surface area contributed by atoms with E-state index in [9.17, 15) is 4.79 Å². The molecule has 1 aromatic carbocycles. The smallest absolute Gasteiger partial charge is 0.266 e. The number of benzene rings is 1. The Morgan fingerprint density at radius 1 is 1.25 bits per heavy atom. The van der Waals surface area contributed by atoms with Crippen molar-refractivity contribution in [3.8, 4) is 11.5 Å². The highest BCUT2D eigenvalue weighted by molar-refractivity contribution is 8.26. The second-order valence-electron chi connectivity index (χ2n) is 4.93. The number of rotatable bonds is 5. The first-order valence-electron chi connectivity index (χ1n) is 7.12. The Morgan fingerprint density at radius 2 is 2.08 bits per heavy atom. The quantitative estimate of drug-likeness (QED) is 0.598. The van der Waals surface area contributed by atoms with E-state index in [0.717, 1.165) is 5.56 Å². The lowest BCUT2D eigenvalue weighted by Crippen LogP contribution is -2.27. The number of thiocarbonyl (C=S) groups is 1. The topological polar surface area (TPSA) is 51.9 Å². The Balaban J connectivity index is 1.89. The summed E-state index contributed by atoms with van der Waals surface area (Å²) in [6.07, 6.45) is 3.34. The molecule has 2 heterocycles. The fraction of sp³-hybridized carbons (Fsp3) is 0.176. The maximum absolute atomic E-state index is 12.6. The van der Waals surface area contributed by atoms with Gasteiger partial charge in [0.15, 0.2) is 11.5 Å². The minimum Gasteiger partial charge on any atom is -0.493 e. The third kappa shape index (κ3) is 3.18. The zero-order valence-electron chi connectivity index (χ0n) is 13.1. The van der Waals surface area contributed by atoms with Crippen LogP contribution in [0.15, 0.2) is 45.9 Å². The second kappa shape index (κ2) is 7.11. The number of furan rings is 1. The molecule has 0 unspecified atom stereocenters. The summed E-state index contributed by atoms with van der Waals surface area (Å²) in [5.41, 5.74) is 0.760. The van der Waals surface area contributed by atoms with Crippen molar-refractivity contribution in [2.45, 2.75) is 6.54 Å². The fourth-order valence-electron chi connectivity index (χ4n) is 2.36. The van der Waals surface area contributed by atoms with Gasteiger partial charge < -0.3 is 13.9 Å². The summed E-state index contributed by atoms with van der Waals surface area (Å²) in [7, 11) is 3.14. The van der Waals surface area contributed by atoms with Crippen LogP contribution in [0.5, 0.6) is 11.5 Å². The van der Waals surface area contributed by atoms with Gasteiger partial charge in [-0.3, -0.25) is 9.69 Å². The van der Waals surface area contributed by atoms with Crippen LogP contribution < -0.4 is 9.47 Å². The number of para-hydroxylation sites is 1. The van der Waals surface area contributed by atoms with Crippen molar-refractivity contribution < 1.29 is 18.7 Å². The molecule has 3 rings (SSSR count). The van der Waals surface area contributed by atoms with Gasteiger partial charge in [-0.15, -0.1) is 0 Å². The number of amides is 1. The van der Waals surface area contributed by atoms with Crippen molar-refractivity contribution >= 4 is 40.3 Å². The molecule has 1 aliphatic heterocycles. The third-order valence-electron chi connectivity index (χ3n) is 3.49. The molecule has 1 saturated heterocycles. The molecule has 7 heteroatoms. The van der Waals surface area contributed by atoms with Gasteiger partial charge in [0, 0.05) is 5.56 Å². The van der Waals surface area contributed by atoms with Gasteiger partial charge in [0.05, 0.1) is 31.9 Å². The molecule has 2 aromatic rings.